The summed E-state index contributed by atoms with van der Waals surface area (Å²) in [6, 6.07) is 0. The van der Waals surface area contributed by atoms with Crippen LogP contribution in [0.25, 0.3) is 0 Å². The first kappa shape index (κ1) is 17.6. The number of carbonyl (C=O) groups is 2. The Morgan fingerprint density at radius 2 is 2.19 bits per heavy atom. The fourth-order valence-corrected chi connectivity index (χ4v) is 1.20. The summed E-state index contributed by atoms with van der Waals surface area (Å²) in [6.45, 7) is 1.74. The molecule has 0 aliphatic carbocycles. The zero-order valence-corrected chi connectivity index (χ0v) is 10.7. The van der Waals surface area contributed by atoms with Crippen LogP contribution in [-0.2, 0) is 9.59 Å². The first-order valence-electron chi connectivity index (χ1n) is 5.18. The smallest absolute Gasteiger partial charge is 0.303 e. The Morgan fingerprint density at radius 3 is 2.44 bits per heavy atom. The van der Waals surface area contributed by atoms with Gasteiger partial charge in [-0.2, -0.15) is 0 Å². The van der Waals surface area contributed by atoms with Crippen LogP contribution in [-0.4, -0.2) is 49.1 Å². The van der Waals surface area contributed by atoms with Gasteiger partial charge in [-0.1, -0.05) is 0 Å². The van der Waals surface area contributed by atoms with Crippen molar-refractivity contribution in [1.29, 1.82) is 0 Å². The summed E-state index contributed by atoms with van der Waals surface area (Å²) in [5, 5.41) is 11.0. The number of carboxylic acid groups (broad SMARTS) is 1. The number of nitrogens with zero attached hydrogens (tertiary/aromatic N) is 1. The van der Waals surface area contributed by atoms with Crippen molar-refractivity contribution in [3.05, 3.63) is 0 Å². The van der Waals surface area contributed by atoms with Gasteiger partial charge in [-0.15, -0.1) is 12.4 Å². The number of likely N-dealkylation sites (tertiary alicyclic amines) is 1. The third-order valence-corrected chi connectivity index (χ3v) is 2.13. The molecule has 1 aliphatic rings. The lowest BCUT2D eigenvalue weighted by Crippen LogP contribution is -2.17. The SMILES string of the molecule is CN1CCCC1=O.CNCCCC(=O)O.Cl. The predicted octanol–water partition coefficient (Wildman–Crippen LogP) is 0.731. The molecule has 0 aromatic rings. The number of hydrogen-bond donors (Lipinski definition) is 2. The molecule has 0 atom stereocenters. The van der Waals surface area contributed by atoms with E-state index in [9.17, 15) is 9.59 Å². The van der Waals surface area contributed by atoms with E-state index in [1.54, 1.807) is 4.90 Å². The lowest BCUT2D eigenvalue weighted by Gasteiger charge is -2.03. The number of hydrogen-bond acceptors (Lipinski definition) is 3. The predicted molar refractivity (Wildman–Crippen MR) is 64.9 cm³/mol. The van der Waals surface area contributed by atoms with Crippen molar-refractivity contribution in [2.45, 2.75) is 25.7 Å². The Labute approximate surface area is 103 Å². The van der Waals surface area contributed by atoms with Crippen LogP contribution < -0.4 is 5.32 Å². The van der Waals surface area contributed by atoms with E-state index in [2.05, 4.69) is 5.32 Å². The quantitative estimate of drug-likeness (QED) is 0.724. The zero-order valence-electron chi connectivity index (χ0n) is 9.86. The molecule has 1 aliphatic heterocycles. The Bertz CT molecular complexity index is 212. The first-order chi connectivity index (χ1) is 7.07. The summed E-state index contributed by atoms with van der Waals surface area (Å²) < 4.78 is 0. The van der Waals surface area contributed by atoms with Gasteiger partial charge >= 0.3 is 5.97 Å². The van der Waals surface area contributed by atoms with E-state index in [4.69, 9.17) is 5.11 Å². The van der Waals surface area contributed by atoms with Crippen LogP contribution in [0.3, 0.4) is 0 Å². The van der Waals surface area contributed by atoms with Crippen LogP contribution in [0, 0.1) is 0 Å². The second kappa shape index (κ2) is 10.7. The summed E-state index contributed by atoms with van der Waals surface area (Å²) in [5.41, 5.74) is 0. The van der Waals surface area contributed by atoms with Crippen LogP contribution in [0.5, 0.6) is 0 Å². The van der Waals surface area contributed by atoms with Gasteiger partial charge in [0.1, 0.15) is 0 Å². The molecule has 1 saturated heterocycles. The highest BCUT2D eigenvalue weighted by molar-refractivity contribution is 5.85. The molecule has 5 nitrogen and oxygen atoms in total. The third-order valence-electron chi connectivity index (χ3n) is 2.13. The minimum absolute atomic E-state index is 0. The fourth-order valence-electron chi connectivity index (χ4n) is 1.20. The van der Waals surface area contributed by atoms with Crippen molar-refractivity contribution in [2.24, 2.45) is 0 Å². The average molecular weight is 253 g/mol. The van der Waals surface area contributed by atoms with Crippen LogP contribution >= 0.6 is 12.4 Å². The second-order valence-corrected chi connectivity index (χ2v) is 3.52. The first-order valence-corrected chi connectivity index (χ1v) is 5.18. The van der Waals surface area contributed by atoms with Gasteiger partial charge in [0, 0.05) is 26.4 Å². The molecule has 1 rings (SSSR count). The minimum Gasteiger partial charge on any atom is -0.481 e. The molecule has 0 bridgehead atoms. The lowest BCUT2D eigenvalue weighted by atomic mass is 10.3. The lowest BCUT2D eigenvalue weighted by molar-refractivity contribution is -0.137. The highest BCUT2D eigenvalue weighted by atomic mass is 35.5. The van der Waals surface area contributed by atoms with Crippen molar-refractivity contribution in [3.8, 4) is 0 Å². The van der Waals surface area contributed by atoms with E-state index < -0.39 is 5.97 Å². The highest BCUT2D eigenvalue weighted by Crippen LogP contribution is 2.04. The van der Waals surface area contributed by atoms with E-state index >= 15 is 0 Å². The highest BCUT2D eigenvalue weighted by Gasteiger charge is 2.14. The summed E-state index contributed by atoms with van der Waals surface area (Å²) in [4.78, 5) is 22.1. The fraction of sp³-hybridized carbons (Fsp3) is 0.800. The molecule has 0 aromatic carbocycles. The summed E-state index contributed by atoms with van der Waals surface area (Å²) in [7, 11) is 3.65. The monoisotopic (exact) mass is 252 g/mol. The molecule has 0 aromatic heterocycles. The van der Waals surface area contributed by atoms with Crippen molar-refractivity contribution >= 4 is 24.3 Å². The Morgan fingerprint density at radius 1 is 1.56 bits per heavy atom. The van der Waals surface area contributed by atoms with Crippen LogP contribution in [0.1, 0.15) is 25.7 Å². The molecular formula is C10H21ClN2O3. The molecular weight excluding hydrogens is 232 g/mol. The molecule has 1 heterocycles. The Balaban J connectivity index is 0. The molecule has 16 heavy (non-hydrogen) atoms. The van der Waals surface area contributed by atoms with Crippen LogP contribution in [0.2, 0.25) is 0 Å². The van der Waals surface area contributed by atoms with Crippen molar-refractivity contribution in [3.63, 3.8) is 0 Å². The van der Waals surface area contributed by atoms with E-state index in [0.29, 0.717) is 12.3 Å². The van der Waals surface area contributed by atoms with E-state index in [1.165, 1.54) is 0 Å². The molecule has 2 N–H and O–H groups in total. The maximum atomic E-state index is 10.5. The molecule has 0 unspecified atom stereocenters. The average Bonchev–Trinajstić information content (AvgIpc) is 2.52. The molecule has 0 spiro atoms. The maximum Gasteiger partial charge on any atom is 0.303 e. The van der Waals surface area contributed by atoms with Crippen LogP contribution in [0.4, 0.5) is 0 Å². The molecule has 6 heteroatoms. The second-order valence-electron chi connectivity index (χ2n) is 3.52. The van der Waals surface area contributed by atoms with Gasteiger partial charge < -0.3 is 15.3 Å². The van der Waals surface area contributed by atoms with Gasteiger partial charge in [0.2, 0.25) is 5.91 Å². The standard InChI is InChI=1S/C5H11NO2.C5H9NO.ClH/c1-6-4-2-3-5(7)8;1-6-4-2-3-5(6)7;/h6H,2-4H2,1H3,(H,7,8);2-4H2,1H3;1H. The van der Waals surface area contributed by atoms with E-state index in [0.717, 1.165) is 25.9 Å². The molecule has 0 saturated carbocycles. The Kier molecular flexibility index (Phi) is 11.8. The summed E-state index contributed by atoms with van der Waals surface area (Å²) in [5.74, 6) is -0.430. The number of carbonyl (C=O) groups excluding carboxylic acids is 1. The Hall–Kier alpha value is -0.810. The van der Waals surface area contributed by atoms with Crippen LogP contribution in [0.15, 0.2) is 0 Å². The minimum atomic E-state index is -0.722. The largest absolute Gasteiger partial charge is 0.481 e. The van der Waals surface area contributed by atoms with E-state index in [-0.39, 0.29) is 18.8 Å². The zero-order chi connectivity index (χ0) is 11.7. The van der Waals surface area contributed by atoms with Crippen molar-refractivity contribution in [1.82, 2.24) is 10.2 Å². The molecule has 96 valence electrons. The number of carboxylic acids is 1. The molecule has 0 radical (unpaired) electrons. The number of rotatable bonds is 4. The molecule has 1 amide bonds. The number of amides is 1. The van der Waals surface area contributed by atoms with E-state index in [1.807, 2.05) is 14.1 Å². The van der Waals surface area contributed by atoms with Gasteiger partial charge in [0.15, 0.2) is 0 Å². The van der Waals surface area contributed by atoms with Gasteiger partial charge in [0.05, 0.1) is 0 Å². The topological polar surface area (TPSA) is 69.6 Å². The number of halogens is 1. The van der Waals surface area contributed by atoms with Gasteiger partial charge in [-0.25, -0.2) is 0 Å². The summed E-state index contributed by atoms with van der Waals surface area (Å²) in [6.07, 6.45) is 2.79. The maximum absolute atomic E-state index is 10.5. The normalized spacial score (nSPS) is 13.9. The van der Waals surface area contributed by atoms with Gasteiger partial charge in [0.25, 0.3) is 0 Å². The van der Waals surface area contributed by atoms with Gasteiger partial charge in [-0.3, -0.25) is 9.59 Å². The summed E-state index contributed by atoms with van der Waals surface area (Å²) >= 11 is 0. The number of nitrogens with one attached hydrogen (secondary N) is 1. The number of aliphatic carboxylic acids is 1. The van der Waals surface area contributed by atoms with Gasteiger partial charge in [-0.05, 0) is 26.4 Å². The van der Waals surface area contributed by atoms with Crippen molar-refractivity contribution < 1.29 is 14.7 Å². The third kappa shape index (κ3) is 9.73. The molecule has 1 fully saturated rings. The van der Waals surface area contributed by atoms with Crippen molar-refractivity contribution in [2.75, 3.05) is 27.2 Å².